The first-order valence-corrected chi connectivity index (χ1v) is 6.54. The fourth-order valence-corrected chi connectivity index (χ4v) is 3.30. The predicted octanol–water partition coefficient (Wildman–Crippen LogP) is 1.91. The van der Waals surface area contributed by atoms with E-state index in [2.05, 4.69) is 25.7 Å². The maximum absolute atomic E-state index is 12.0. The number of halogens is 1. The molecular formula is C12H21ClN2O. The van der Waals surface area contributed by atoms with Crippen LogP contribution in [0.5, 0.6) is 0 Å². The molecule has 0 aromatic heterocycles. The lowest BCUT2D eigenvalue weighted by Gasteiger charge is -2.54. The Morgan fingerprint density at radius 1 is 1.31 bits per heavy atom. The highest BCUT2D eigenvalue weighted by Gasteiger charge is 2.50. The number of rotatable bonds is 1. The summed E-state index contributed by atoms with van der Waals surface area (Å²) in [7, 11) is 0. The Bertz CT molecular complexity index is 305. The minimum absolute atomic E-state index is 0.0730. The topological polar surface area (TPSA) is 23.6 Å². The number of nitrogens with zero attached hydrogens (tertiary/aromatic N) is 2. The van der Waals surface area contributed by atoms with Crippen molar-refractivity contribution in [1.29, 1.82) is 0 Å². The van der Waals surface area contributed by atoms with E-state index >= 15 is 0 Å². The van der Waals surface area contributed by atoms with E-state index < -0.39 is 0 Å². The molecule has 4 heteroatoms. The van der Waals surface area contributed by atoms with E-state index in [0.717, 1.165) is 26.1 Å². The Balaban J connectivity index is 2.29. The van der Waals surface area contributed by atoms with Gasteiger partial charge in [0.1, 0.15) is 5.88 Å². The highest BCUT2D eigenvalue weighted by Crippen LogP contribution is 2.40. The van der Waals surface area contributed by atoms with Crippen molar-refractivity contribution in [3.63, 3.8) is 0 Å². The van der Waals surface area contributed by atoms with Crippen molar-refractivity contribution in [1.82, 2.24) is 9.80 Å². The van der Waals surface area contributed by atoms with Crippen LogP contribution < -0.4 is 0 Å². The SMILES string of the molecule is CC1(C)CN2CCCC2(C)N(C(=O)CCl)C1. The van der Waals surface area contributed by atoms with Gasteiger partial charge in [0, 0.05) is 19.6 Å². The molecule has 2 rings (SSSR count). The predicted molar refractivity (Wildman–Crippen MR) is 65.4 cm³/mol. The minimum atomic E-state index is -0.0819. The van der Waals surface area contributed by atoms with Crippen LogP contribution in [0.2, 0.25) is 0 Å². The molecule has 0 aromatic carbocycles. The molecule has 2 aliphatic heterocycles. The molecule has 0 N–H and O–H groups in total. The normalized spacial score (nSPS) is 33.9. The van der Waals surface area contributed by atoms with Crippen LogP contribution in [-0.2, 0) is 4.79 Å². The Morgan fingerprint density at radius 3 is 2.62 bits per heavy atom. The number of amides is 1. The van der Waals surface area contributed by atoms with Gasteiger partial charge in [0.15, 0.2) is 0 Å². The maximum Gasteiger partial charge on any atom is 0.238 e. The largest absolute Gasteiger partial charge is 0.323 e. The first-order chi connectivity index (χ1) is 7.39. The summed E-state index contributed by atoms with van der Waals surface area (Å²) in [6.45, 7) is 9.63. The van der Waals surface area contributed by atoms with E-state index in [0.29, 0.717) is 0 Å². The molecule has 1 amide bonds. The van der Waals surface area contributed by atoms with Gasteiger partial charge in [0.05, 0.1) is 5.66 Å². The Labute approximate surface area is 103 Å². The molecule has 2 heterocycles. The van der Waals surface area contributed by atoms with E-state index in [4.69, 9.17) is 11.6 Å². The van der Waals surface area contributed by atoms with Crippen LogP contribution in [0.3, 0.4) is 0 Å². The molecule has 16 heavy (non-hydrogen) atoms. The monoisotopic (exact) mass is 244 g/mol. The summed E-state index contributed by atoms with van der Waals surface area (Å²) in [4.78, 5) is 16.4. The number of hydrogen-bond acceptors (Lipinski definition) is 2. The van der Waals surface area contributed by atoms with Crippen molar-refractivity contribution >= 4 is 17.5 Å². The average Bonchev–Trinajstić information content (AvgIpc) is 2.56. The maximum atomic E-state index is 12.0. The quantitative estimate of drug-likeness (QED) is 0.658. The molecule has 0 saturated carbocycles. The summed E-state index contributed by atoms with van der Waals surface area (Å²) in [6, 6.07) is 0. The third-order valence-electron chi connectivity index (χ3n) is 3.96. The summed E-state index contributed by atoms with van der Waals surface area (Å²) in [6.07, 6.45) is 2.25. The molecule has 2 aliphatic rings. The zero-order valence-corrected chi connectivity index (χ0v) is 11.2. The second-order valence-electron chi connectivity index (χ2n) is 6.02. The lowest BCUT2D eigenvalue weighted by atomic mass is 9.86. The fourth-order valence-electron chi connectivity index (χ4n) is 3.15. The summed E-state index contributed by atoms with van der Waals surface area (Å²) in [5.41, 5.74) is 0.0903. The molecule has 0 aromatic rings. The Hall–Kier alpha value is -0.280. The number of hydrogen-bond donors (Lipinski definition) is 0. The van der Waals surface area contributed by atoms with Gasteiger partial charge in [0.2, 0.25) is 5.91 Å². The van der Waals surface area contributed by atoms with Crippen molar-refractivity contribution in [2.75, 3.05) is 25.5 Å². The van der Waals surface area contributed by atoms with Crippen molar-refractivity contribution in [2.24, 2.45) is 5.41 Å². The number of fused-ring (bicyclic) bond motifs is 1. The molecule has 92 valence electrons. The van der Waals surface area contributed by atoms with Crippen LogP contribution >= 0.6 is 11.6 Å². The molecular weight excluding hydrogens is 224 g/mol. The zero-order valence-electron chi connectivity index (χ0n) is 10.4. The van der Waals surface area contributed by atoms with Gasteiger partial charge < -0.3 is 4.90 Å². The standard InChI is InChI=1S/C12H21ClN2O/c1-11(2)8-14-6-4-5-12(14,3)15(9-11)10(16)7-13/h4-9H2,1-3H3. The van der Waals surface area contributed by atoms with E-state index in [1.807, 2.05) is 4.90 Å². The molecule has 2 fully saturated rings. The summed E-state index contributed by atoms with van der Waals surface area (Å²) in [5, 5.41) is 0. The zero-order chi connectivity index (χ0) is 12.0. The van der Waals surface area contributed by atoms with Crippen LogP contribution in [0, 0.1) is 5.41 Å². The van der Waals surface area contributed by atoms with Gasteiger partial charge in [-0.25, -0.2) is 0 Å². The molecule has 1 unspecified atom stereocenters. The summed E-state index contributed by atoms with van der Waals surface area (Å²) < 4.78 is 0. The first-order valence-electron chi connectivity index (χ1n) is 6.01. The Kier molecular flexibility index (Phi) is 2.96. The highest BCUT2D eigenvalue weighted by molar-refractivity contribution is 6.27. The second-order valence-corrected chi connectivity index (χ2v) is 6.29. The van der Waals surface area contributed by atoms with E-state index in [1.54, 1.807) is 0 Å². The van der Waals surface area contributed by atoms with Crippen LogP contribution in [0.4, 0.5) is 0 Å². The van der Waals surface area contributed by atoms with Crippen LogP contribution in [0.15, 0.2) is 0 Å². The smallest absolute Gasteiger partial charge is 0.238 e. The molecule has 0 aliphatic carbocycles. The van der Waals surface area contributed by atoms with Gasteiger partial charge in [-0.3, -0.25) is 9.69 Å². The van der Waals surface area contributed by atoms with E-state index in [9.17, 15) is 4.79 Å². The van der Waals surface area contributed by atoms with Crippen molar-refractivity contribution in [3.8, 4) is 0 Å². The van der Waals surface area contributed by atoms with Gasteiger partial charge >= 0.3 is 0 Å². The molecule has 3 nitrogen and oxygen atoms in total. The highest BCUT2D eigenvalue weighted by atomic mass is 35.5. The van der Waals surface area contributed by atoms with Gasteiger partial charge in [-0.15, -0.1) is 11.6 Å². The third kappa shape index (κ3) is 1.84. The lowest BCUT2D eigenvalue weighted by molar-refractivity contribution is -0.155. The molecule has 0 radical (unpaired) electrons. The van der Waals surface area contributed by atoms with Crippen molar-refractivity contribution in [2.45, 2.75) is 39.3 Å². The van der Waals surface area contributed by atoms with Crippen molar-refractivity contribution < 1.29 is 4.79 Å². The van der Waals surface area contributed by atoms with Crippen LogP contribution in [0.25, 0.3) is 0 Å². The third-order valence-corrected chi connectivity index (χ3v) is 4.19. The molecule has 2 saturated heterocycles. The first kappa shape index (κ1) is 12.2. The number of carbonyl (C=O) groups is 1. The molecule has 1 atom stereocenters. The lowest BCUT2D eigenvalue weighted by Crippen LogP contribution is -2.66. The molecule has 0 bridgehead atoms. The van der Waals surface area contributed by atoms with Crippen LogP contribution in [0.1, 0.15) is 33.6 Å². The average molecular weight is 245 g/mol. The van der Waals surface area contributed by atoms with E-state index in [1.165, 1.54) is 6.42 Å². The minimum Gasteiger partial charge on any atom is -0.323 e. The number of carbonyl (C=O) groups excluding carboxylic acids is 1. The van der Waals surface area contributed by atoms with Gasteiger partial charge in [-0.2, -0.15) is 0 Å². The van der Waals surface area contributed by atoms with Crippen molar-refractivity contribution in [3.05, 3.63) is 0 Å². The fraction of sp³-hybridized carbons (Fsp3) is 0.917. The van der Waals surface area contributed by atoms with Crippen LogP contribution in [-0.4, -0.2) is 46.9 Å². The number of alkyl halides is 1. The van der Waals surface area contributed by atoms with Gasteiger partial charge in [-0.05, 0) is 25.2 Å². The summed E-state index contributed by atoms with van der Waals surface area (Å²) in [5.74, 6) is 0.170. The van der Waals surface area contributed by atoms with E-state index in [-0.39, 0.29) is 22.9 Å². The second kappa shape index (κ2) is 3.88. The van der Waals surface area contributed by atoms with Gasteiger partial charge in [0.25, 0.3) is 0 Å². The summed E-state index contributed by atoms with van der Waals surface area (Å²) >= 11 is 5.72. The van der Waals surface area contributed by atoms with Gasteiger partial charge in [-0.1, -0.05) is 13.8 Å². The Morgan fingerprint density at radius 2 is 2.00 bits per heavy atom. The molecule has 0 spiro atoms.